The molecule has 31 heavy (non-hydrogen) atoms. The first-order valence-electron chi connectivity index (χ1n) is 10.7. The SMILES string of the molecule is CCCCCC[C@@H](C)Oc1cc(C)c(-c2ccc(C(=O)O)cc2)cc1N(C)C.ClCCl. The van der Waals surface area contributed by atoms with Crippen LogP contribution in [-0.4, -0.2) is 36.6 Å². The number of carboxylic acid groups (broad SMARTS) is 1. The molecule has 1 atom stereocenters. The van der Waals surface area contributed by atoms with E-state index in [2.05, 4.69) is 37.8 Å². The number of rotatable bonds is 10. The smallest absolute Gasteiger partial charge is 0.335 e. The highest BCUT2D eigenvalue weighted by molar-refractivity contribution is 6.40. The van der Waals surface area contributed by atoms with Gasteiger partial charge in [-0.25, -0.2) is 4.79 Å². The molecule has 0 amide bonds. The van der Waals surface area contributed by atoms with E-state index < -0.39 is 5.97 Å². The lowest BCUT2D eigenvalue weighted by molar-refractivity contribution is 0.0697. The number of unbranched alkanes of at least 4 members (excludes halogenated alkanes) is 3. The van der Waals surface area contributed by atoms with E-state index in [0.717, 1.165) is 34.5 Å². The molecule has 0 fully saturated rings. The van der Waals surface area contributed by atoms with Crippen molar-refractivity contribution in [1.29, 1.82) is 0 Å². The third kappa shape index (κ3) is 9.00. The van der Waals surface area contributed by atoms with Crippen molar-refractivity contribution in [2.24, 2.45) is 0 Å². The number of halogens is 2. The van der Waals surface area contributed by atoms with Gasteiger partial charge in [-0.1, -0.05) is 38.3 Å². The molecule has 0 aromatic heterocycles. The van der Waals surface area contributed by atoms with Crippen molar-refractivity contribution in [3.63, 3.8) is 0 Å². The first-order chi connectivity index (χ1) is 14.7. The molecule has 0 saturated heterocycles. The van der Waals surface area contributed by atoms with Gasteiger partial charge in [-0.05, 0) is 67.6 Å². The molecule has 0 aliphatic heterocycles. The number of aryl methyl sites for hydroxylation is 1. The van der Waals surface area contributed by atoms with Gasteiger partial charge in [-0.2, -0.15) is 0 Å². The number of benzene rings is 2. The fourth-order valence-corrected chi connectivity index (χ4v) is 3.35. The molecular weight excluding hydrogens is 433 g/mol. The Bertz CT molecular complexity index is 807. The van der Waals surface area contributed by atoms with Gasteiger partial charge in [0.1, 0.15) is 5.75 Å². The molecule has 2 aromatic carbocycles. The van der Waals surface area contributed by atoms with E-state index in [4.69, 9.17) is 33.0 Å². The predicted octanol–water partition coefficient (Wildman–Crippen LogP) is 7.59. The minimum absolute atomic E-state index is 0.177. The first kappa shape index (κ1) is 27.1. The molecule has 0 aliphatic carbocycles. The highest BCUT2D eigenvalue weighted by atomic mass is 35.5. The van der Waals surface area contributed by atoms with E-state index in [0.29, 0.717) is 5.56 Å². The van der Waals surface area contributed by atoms with Gasteiger partial charge < -0.3 is 14.7 Å². The topological polar surface area (TPSA) is 49.8 Å². The molecule has 0 spiro atoms. The van der Waals surface area contributed by atoms with Gasteiger partial charge in [0, 0.05) is 14.1 Å². The Morgan fingerprint density at radius 1 is 1.10 bits per heavy atom. The molecule has 6 heteroatoms. The van der Waals surface area contributed by atoms with Crippen LogP contribution in [0.1, 0.15) is 61.9 Å². The summed E-state index contributed by atoms with van der Waals surface area (Å²) in [5.74, 6) is -0.00896. The van der Waals surface area contributed by atoms with Crippen LogP contribution >= 0.6 is 23.2 Å². The second kappa shape index (κ2) is 14.2. The predicted molar refractivity (Wildman–Crippen MR) is 133 cm³/mol. The average molecular weight is 468 g/mol. The number of hydrogen-bond donors (Lipinski definition) is 1. The van der Waals surface area contributed by atoms with E-state index in [-0.39, 0.29) is 11.4 Å². The number of ether oxygens (including phenoxy) is 1. The van der Waals surface area contributed by atoms with Crippen LogP contribution in [-0.2, 0) is 0 Å². The number of nitrogens with zero attached hydrogens (tertiary/aromatic N) is 1. The number of anilines is 1. The zero-order chi connectivity index (χ0) is 23.4. The molecule has 0 bridgehead atoms. The van der Waals surface area contributed by atoms with Crippen LogP contribution in [0.4, 0.5) is 5.69 Å². The number of carbonyl (C=O) groups is 1. The highest BCUT2D eigenvalue weighted by Crippen LogP contribution is 2.36. The zero-order valence-corrected chi connectivity index (χ0v) is 20.8. The first-order valence-corrected chi connectivity index (χ1v) is 11.8. The largest absolute Gasteiger partial charge is 0.489 e. The zero-order valence-electron chi connectivity index (χ0n) is 19.3. The summed E-state index contributed by atoms with van der Waals surface area (Å²) in [6.45, 7) is 6.43. The standard InChI is InChI=1S/C24H33NO3.CH2Cl2/c1-6-7-8-9-10-18(3)28-23-15-17(2)21(16-22(23)25(4)5)19-11-13-20(14-12-19)24(26)27;2-1-3/h11-16,18H,6-10H2,1-5H3,(H,26,27);1H2/t18-;/m1./s1. The minimum Gasteiger partial charge on any atom is -0.489 e. The van der Waals surface area contributed by atoms with Gasteiger partial charge in [0.2, 0.25) is 0 Å². The van der Waals surface area contributed by atoms with Crippen molar-refractivity contribution in [3.8, 4) is 16.9 Å². The van der Waals surface area contributed by atoms with Crippen LogP contribution in [0.2, 0.25) is 0 Å². The quantitative estimate of drug-likeness (QED) is 0.288. The molecule has 2 rings (SSSR count). The number of carboxylic acids is 1. The van der Waals surface area contributed by atoms with Crippen molar-refractivity contribution < 1.29 is 14.6 Å². The van der Waals surface area contributed by atoms with Crippen LogP contribution in [0.5, 0.6) is 5.75 Å². The third-order valence-corrected chi connectivity index (χ3v) is 5.02. The monoisotopic (exact) mass is 467 g/mol. The molecule has 172 valence electrons. The Labute approximate surface area is 197 Å². The van der Waals surface area contributed by atoms with Crippen LogP contribution < -0.4 is 9.64 Å². The summed E-state index contributed by atoms with van der Waals surface area (Å²) < 4.78 is 6.29. The second-order valence-electron chi connectivity index (χ2n) is 7.79. The Morgan fingerprint density at radius 2 is 1.71 bits per heavy atom. The molecule has 0 unspecified atom stereocenters. The summed E-state index contributed by atoms with van der Waals surface area (Å²) >= 11 is 9.53. The molecule has 0 saturated carbocycles. The minimum atomic E-state index is -0.908. The van der Waals surface area contributed by atoms with Crippen LogP contribution in [0.3, 0.4) is 0 Å². The van der Waals surface area contributed by atoms with Gasteiger partial charge in [0.05, 0.1) is 22.7 Å². The molecule has 2 aromatic rings. The normalized spacial score (nSPS) is 11.3. The molecule has 0 heterocycles. The van der Waals surface area contributed by atoms with E-state index >= 15 is 0 Å². The summed E-state index contributed by atoms with van der Waals surface area (Å²) in [6, 6.07) is 11.2. The lowest BCUT2D eigenvalue weighted by atomic mass is 9.98. The Morgan fingerprint density at radius 3 is 2.23 bits per heavy atom. The molecular formula is C25H35Cl2NO3. The fourth-order valence-electron chi connectivity index (χ4n) is 3.35. The summed E-state index contributed by atoms with van der Waals surface area (Å²) in [7, 11) is 4.03. The lowest BCUT2D eigenvalue weighted by Gasteiger charge is -2.23. The van der Waals surface area contributed by atoms with Gasteiger partial charge >= 0.3 is 5.97 Å². The summed E-state index contributed by atoms with van der Waals surface area (Å²) in [5, 5.41) is 9.30. The number of hydrogen-bond acceptors (Lipinski definition) is 3. The van der Waals surface area contributed by atoms with E-state index in [1.54, 1.807) is 12.1 Å². The summed E-state index contributed by atoms with van der Waals surface area (Å²) in [4.78, 5) is 13.2. The van der Waals surface area contributed by atoms with Crippen LogP contribution in [0, 0.1) is 6.92 Å². The number of alkyl halides is 2. The Balaban J connectivity index is 0.00000151. The lowest BCUT2D eigenvalue weighted by Crippen LogP contribution is -2.16. The highest BCUT2D eigenvalue weighted by Gasteiger charge is 2.15. The molecule has 0 aliphatic rings. The van der Waals surface area contributed by atoms with Gasteiger partial charge in [-0.3, -0.25) is 0 Å². The van der Waals surface area contributed by atoms with Crippen molar-refractivity contribution in [2.45, 2.75) is 59.0 Å². The Kier molecular flexibility index (Phi) is 12.4. The van der Waals surface area contributed by atoms with Crippen LogP contribution in [0.25, 0.3) is 11.1 Å². The Hall–Kier alpha value is -1.91. The maximum atomic E-state index is 11.1. The van der Waals surface area contributed by atoms with Gasteiger partial charge in [-0.15, -0.1) is 23.2 Å². The maximum Gasteiger partial charge on any atom is 0.335 e. The van der Waals surface area contributed by atoms with Crippen molar-refractivity contribution >= 4 is 34.9 Å². The van der Waals surface area contributed by atoms with Gasteiger partial charge in [0.25, 0.3) is 0 Å². The molecule has 1 N–H and O–H groups in total. The maximum absolute atomic E-state index is 11.1. The molecule has 0 radical (unpaired) electrons. The summed E-state index contributed by atoms with van der Waals surface area (Å²) in [5.41, 5.74) is 4.53. The summed E-state index contributed by atoms with van der Waals surface area (Å²) in [6.07, 6.45) is 6.22. The van der Waals surface area contributed by atoms with Crippen molar-refractivity contribution in [3.05, 3.63) is 47.5 Å². The third-order valence-electron chi connectivity index (χ3n) is 5.02. The van der Waals surface area contributed by atoms with E-state index in [9.17, 15) is 4.79 Å². The fraction of sp³-hybridized carbons (Fsp3) is 0.480. The van der Waals surface area contributed by atoms with E-state index in [1.807, 2.05) is 26.2 Å². The van der Waals surface area contributed by atoms with Crippen molar-refractivity contribution in [1.82, 2.24) is 0 Å². The van der Waals surface area contributed by atoms with Gasteiger partial charge in [0.15, 0.2) is 0 Å². The average Bonchev–Trinajstić information content (AvgIpc) is 2.72. The van der Waals surface area contributed by atoms with E-state index in [1.165, 1.54) is 25.7 Å². The second-order valence-corrected chi connectivity index (χ2v) is 8.60. The molecule has 4 nitrogen and oxygen atoms in total. The van der Waals surface area contributed by atoms with Crippen LogP contribution in [0.15, 0.2) is 36.4 Å². The number of aromatic carboxylic acids is 1. The van der Waals surface area contributed by atoms with Crippen molar-refractivity contribution in [2.75, 3.05) is 24.3 Å².